The van der Waals surface area contributed by atoms with E-state index in [-0.39, 0.29) is 5.91 Å². The van der Waals surface area contributed by atoms with E-state index in [1.54, 1.807) is 11.3 Å². The smallest absolute Gasteiger partial charge is 0.263 e. The Hall–Kier alpha value is -0.520. The van der Waals surface area contributed by atoms with Crippen LogP contribution in [0.15, 0.2) is 6.07 Å². The summed E-state index contributed by atoms with van der Waals surface area (Å²) in [6, 6.07) is 2.83. The van der Waals surface area contributed by atoms with Gasteiger partial charge in [-0.3, -0.25) is 4.79 Å². The molecule has 0 saturated heterocycles. The molecule has 1 amide bonds. The molecule has 1 aliphatic carbocycles. The van der Waals surface area contributed by atoms with E-state index < -0.39 is 0 Å². The van der Waals surface area contributed by atoms with Crippen molar-refractivity contribution in [3.05, 3.63) is 21.4 Å². The first kappa shape index (κ1) is 14.4. The fraction of sp³-hybridized carbons (Fsp3) is 0.667. The Bertz CT molecular complexity index is 469. The zero-order valence-electron chi connectivity index (χ0n) is 11.9. The quantitative estimate of drug-likeness (QED) is 0.913. The van der Waals surface area contributed by atoms with Crippen LogP contribution in [0.2, 0.25) is 0 Å². The van der Waals surface area contributed by atoms with E-state index in [9.17, 15) is 4.79 Å². The maximum absolute atomic E-state index is 12.6. The standard InChI is InChI=1S/C15H22N2OS2/c1-17(12-4-2-11(16)3-5-12)15(18)14-8-10-9-19-7-6-13(10)20-14/h8,11-12H,2-7,9,16H2,1H3. The Morgan fingerprint density at radius 3 is 2.80 bits per heavy atom. The third-order valence-corrected chi connectivity index (χ3v) is 6.68. The van der Waals surface area contributed by atoms with E-state index in [0.29, 0.717) is 12.1 Å². The summed E-state index contributed by atoms with van der Waals surface area (Å²) in [6.45, 7) is 0. The molecule has 0 unspecified atom stereocenters. The molecular formula is C15H22N2OS2. The number of nitrogens with two attached hydrogens (primary N) is 1. The van der Waals surface area contributed by atoms with E-state index in [4.69, 9.17) is 5.73 Å². The highest BCUT2D eigenvalue weighted by molar-refractivity contribution is 7.98. The summed E-state index contributed by atoms with van der Waals surface area (Å²) in [5.41, 5.74) is 7.33. The van der Waals surface area contributed by atoms with Gasteiger partial charge in [-0.2, -0.15) is 11.8 Å². The summed E-state index contributed by atoms with van der Waals surface area (Å²) in [5, 5.41) is 0. The number of hydrogen-bond donors (Lipinski definition) is 1. The van der Waals surface area contributed by atoms with Crippen LogP contribution in [0.3, 0.4) is 0 Å². The third-order valence-electron chi connectivity index (χ3n) is 4.45. The average molecular weight is 310 g/mol. The lowest BCUT2D eigenvalue weighted by atomic mass is 9.91. The maximum Gasteiger partial charge on any atom is 0.263 e. The molecule has 0 spiro atoms. The molecule has 0 atom stereocenters. The van der Waals surface area contributed by atoms with Crippen LogP contribution in [0.25, 0.3) is 0 Å². The van der Waals surface area contributed by atoms with Crippen molar-refractivity contribution in [2.24, 2.45) is 5.73 Å². The van der Waals surface area contributed by atoms with Gasteiger partial charge in [0.2, 0.25) is 0 Å². The highest BCUT2D eigenvalue weighted by Gasteiger charge is 2.27. The van der Waals surface area contributed by atoms with Crippen molar-refractivity contribution < 1.29 is 4.79 Å². The van der Waals surface area contributed by atoms with Gasteiger partial charge < -0.3 is 10.6 Å². The monoisotopic (exact) mass is 310 g/mol. The van der Waals surface area contributed by atoms with Gasteiger partial charge in [0.05, 0.1) is 4.88 Å². The molecule has 1 aromatic heterocycles. The zero-order valence-corrected chi connectivity index (χ0v) is 13.6. The highest BCUT2D eigenvalue weighted by Crippen LogP contribution is 2.33. The largest absolute Gasteiger partial charge is 0.338 e. The molecule has 1 aromatic rings. The molecule has 1 aliphatic heterocycles. The Morgan fingerprint density at radius 1 is 1.35 bits per heavy atom. The van der Waals surface area contributed by atoms with Crippen molar-refractivity contribution in [3.63, 3.8) is 0 Å². The van der Waals surface area contributed by atoms with Crippen LogP contribution in [0.4, 0.5) is 0 Å². The number of thioether (sulfide) groups is 1. The number of nitrogens with zero attached hydrogens (tertiary/aromatic N) is 1. The van der Waals surface area contributed by atoms with Crippen LogP contribution < -0.4 is 5.73 Å². The molecule has 0 aromatic carbocycles. The van der Waals surface area contributed by atoms with Crippen molar-refractivity contribution >= 4 is 29.0 Å². The minimum absolute atomic E-state index is 0.204. The Labute approximate surface area is 128 Å². The van der Waals surface area contributed by atoms with Crippen molar-refractivity contribution in [1.29, 1.82) is 0 Å². The Morgan fingerprint density at radius 2 is 2.10 bits per heavy atom. The molecule has 2 aliphatic rings. The van der Waals surface area contributed by atoms with Crippen molar-refractivity contribution in [1.82, 2.24) is 4.90 Å². The molecule has 2 N–H and O–H groups in total. The second kappa shape index (κ2) is 6.08. The first-order valence-electron chi connectivity index (χ1n) is 7.37. The molecule has 0 bridgehead atoms. The second-order valence-electron chi connectivity index (χ2n) is 5.85. The lowest BCUT2D eigenvalue weighted by Gasteiger charge is -2.33. The maximum atomic E-state index is 12.6. The number of fused-ring (bicyclic) bond motifs is 1. The SMILES string of the molecule is CN(C(=O)c1cc2c(s1)CCSC2)C1CCC(N)CC1. The van der Waals surface area contributed by atoms with Crippen LogP contribution >= 0.6 is 23.1 Å². The first-order chi connectivity index (χ1) is 9.65. The minimum atomic E-state index is 0.204. The number of thiophene rings is 1. The lowest BCUT2D eigenvalue weighted by Crippen LogP contribution is -2.41. The van der Waals surface area contributed by atoms with Crippen LogP contribution in [0.5, 0.6) is 0 Å². The number of amides is 1. The first-order valence-corrected chi connectivity index (χ1v) is 9.34. The molecule has 3 nitrogen and oxygen atoms in total. The average Bonchev–Trinajstić information content (AvgIpc) is 2.90. The molecule has 110 valence electrons. The van der Waals surface area contributed by atoms with E-state index in [1.807, 2.05) is 23.7 Å². The molecular weight excluding hydrogens is 288 g/mol. The molecule has 5 heteroatoms. The van der Waals surface area contributed by atoms with Gasteiger partial charge in [-0.1, -0.05) is 0 Å². The topological polar surface area (TPSA) is 46.3 Å². The molecule has 2 heterocycles. The van der Waals surface area contributed by atoms with E-state index in [1.165, 1.54) is 16.2 Å². The highest BCUT2D eigenvalue weighted by atomic mass is 32.2. The van der Waals surface area contributed by atoms with Gasteiger partial charge >= 0.3 is 0 Å². The molecule has 3 rings (SSSR count). The Kier molecular flexibility index (Phi) is 4.38. The number of carbonyl (C=O) groups is 1. The van der Waals surface area contributed by atoms with Crippen molar-refractivity contribution in [2.45, 2.75) is 49.9 Å². The summed E-state index contributed by atoms with van der Waals surface area (Å²) < 4.78 is 0. The predicted molar refractivity (Wildman–Crippen MR) is 86.5 cm³/mol. The van der Waals surface area contributed by atoms with Crippen LogP contribution in [0.1, 0.15) is 45.8 Å². The molecule has 0 radical (unpaired) electrons. The normalized spacial score (nSPS) is 26.1. The van der Waals surface area contributed by atoms with Gasteiger partial charge in [0.15, 0.2) is 0 Å². The van der Waals surface area contributed by atoms with Gasteiger partial charge in [-0.25, -0.2) is 0 Å². The minimum Gasteiger partial charge on any atom is -0.338 e. The number of rotatable bonds is 2. The lowest BCUT2D eigenvalue weighted by molar-refractivity contribution is 0.0695. The van der Waals surface area contributed by atoms with Gasteiger partial charge in [0.1, 0.15) is 0 Å². The van der Waals surface area contributed by atoms with Gasteiger partial charge in [-0.15, -0.1) is 11.3 Å². The van der Waals surface area contributed by atoms with E-state index in [0.717, 1.165) is 42.7 Å². The summed E-state index contributed by atoms with van der Waals surface area (Å²) in [5.74, 6) is 2.47. The zero-order chi connectivity index (χ0) is 14.1. The van der Waals surface area contributed by atoms with Crippen molar-refractivity contribution in [3.8, 4) is 0 Å². The molecule has 1 fully saturated rings. The number of carbonyl (C=O) groups excluding carboxylic acids is 1. The molecule has 1 saturated carbocycles. The van der Waals surface area contributed by atoms with Crippen molar-refractivity contribution in [2.75, 3.05) is 12.8 Å². The van der Waals surface area contributed by atoms with E-state index in [2.05, 4.69) is 6.07 Å². The number of aryl methyl sites for hydroxylation is 1. The second-order valence-corrected chi connectivity index (χ2v) is 8.09. The van der Waals surface area contributed by atoms with Crippen LogP contribution in [-0.4, -0.2) is 35.7 Å². The summed E-state index contributed by atoms with van der Waals surface area (Å²) in [6.07, 6.45) is 5.30. The van der Waals surface area contributed by atoms with Gasteiger partial charge in [0, 0.05) is 29.8 Å². The summed E-state index contributed by atoms with van der Waals surface area (Å²) >= 11 is 3.67. The van der Waals surface area contributed by atoms with Gasteiger partial charge in [-0.05, 0) is 49.5 Å². The fourth-order valence-corrected chi connectivity index (χ4v) is 5.44. The third kappa shape index (κ3) is 2.90. The molecule has 20 heavy (non-hydrogen) atoms. The summed E-state index contributed by atoms with van der Waals surface area (Å²) in [7, 11) is 1.96. The van der Waals surface area contributed by atoms with Gasteiger partial charge in [0.25, 0.3) is 5.91 Å². The predicted octanol–water partition coefficient (Wildman–Crippen LogP) is 2.88. The number of hydrogen-bond acceptors (Lipinski definition) is 4. The fourth-order valence-electron chi connectivity index (χ4n) is 3.08. The Balaban J connectivity index is 1.70. The summed E-state index contributed by atoms with van der Waals surface area (Å²) in [4.78, 5) is 16.9. The van der Waals surface area contributed by atoms with E-state index >= 15 is 0 Å². The van der Waals surface area contributed by atoms with Crippen LogP contribution in [0, 0.1) is 0 Å². The van der Waals surface area contributed by atoms with Crippen LogP contribution in [-0.2, 0) is 12.2 Å².